The van der Waals surface area contributed by atoms with Crippen LogP contribution in [0.25, 0.3) is 28.3 Å². The van der Waals surface area contributed by atoms with E-state index in [4.69, 9.17) is 14.9 Å². The number of aromatic nitrogens is 6. The molecule has 1 aromatic carbocycles. The highest BCUT2D eigenvalue weighted by Crippen LogP contribution is 2.24. The molecule has 0 aliphatic carbocycles. The molecule has 0 radical (unpaired) electrons. The van der Waals surface area contributed by atoms with Crippen LogP contribution in [0.3, 0.4) is 0 Å². The molecule has 1 aliphatic heterocycles. The first-order valence-corrected chi connectivity index (χ1v) is 11.9. The minimum absolute atomic E-state index is 0.0848. The molecule has 1 saturated heterocycles. The molecule has 0 atom stereocenters. The molecule has 0 spiro atoms. The Balaban J connectivity index is 1.11. The lowest BCUT2D eigenvalue weighted by Gasteiger charge is -2.36. The molecule has 0 unspecified atom stereocenters. The second-order valence-corrected chi connectivity index (χ2v) is 8.58. The van der Waals surface area contributed by atoms with Gasteiger partial charge in [-0.25, -0.2) is 14.1 Å². The smallest absolute Gasteiger partial charge is 0.225 e. The highest BCUT2D eigenvalue weighted by Gasteiger charge is 2.20. The molecule has 0 bridgehead atoms. The van der Waals surface area contributed by atoms with Crippen LogP contribution in [0.4, 0.5) is 16.0 Å². The van der Waals surface area contributed by atoms with Crippen molar-refractivity contribution in [1.29, 1.82) is 0 Å². The maximum absolute atomic E-state index is 12.3. The van der Waals surface area contributed by atoms with Crippen molar-refractivity contribution >= 4 is 28.3 Å². The van der Waals surface area contributed by atoms with Gasteiger partial charge in [0.15, 0.2) is 17.1 Å². The number of piperazine rings is 1. The SMILES string of the molecule is Nc1nc2c(cnn2CCN2CCN(c3ccc(OCC[18F])cc3)CC2)c2nc(-c3ccco3)nn12. The number of halogens is 1. The summed E-state index contributed by atoms with van der Waals surface area (Å²) < 4.78 is 26.4. The zero-order chi connectivity index (χ0) is 24.5. The van der Waals surface area contributed by atoms with E-state index < -0.39 is 6.67 Å². The normalized spacial score (nSPS) is 14.8. The molecule has 2 N–H and O–H groups in total. The van der Waals surface area contributed by atoms with E-state index >= 15 is 0 Å². The number of ether oxygens (including phenoxy) is 1. The van der Waals surface area contributed by atoms with E-state index in [0.717, 1.165) is 43.8 Å². The number of nitrogen functional groups attached to an aromatic ring is 1. The van der Waals surface area contributed by atoms with Gasteiger partial charge in [-0.05, 0) is 36.4 Å². The van der Waals surface area contributed by atoms with Crippen LogP contribution in [0.15, 0.2) is 53.3 Å². The predicted octanol–water partition coefficient (Wildman–Crippen LogP) is 2.49. The topological polar surface area (TPSA) is 116 Å². The third kappa shape index (κ3) is 4.19. The summed E-state index contributed by atoms with van der Waals surface area (Å²) in [5, 5.41) is 9.78. The Morgan fingerprint density at radius 3 is 2.58 bits per heavy atom. The van der Waals surface area contributed by atoms with E-state index in [9.17, 15) is 4.39 Å². The van der Waals surface area contributed by atoms with Gasteiger partial charge in [0.05, 0.1) is 24.4 Å². The Kier molecular flexibility index (Phi) is 5.85. The molecule has 36 heavy (non-hydrogen) atoms. The van der Waals surface area contributed by atoms with E-state index in [2.05, 4.69) is 30.0 Å². The first-order chi connectivity index (χ1) is 17.7. The molecule has 6 rings (SSSR count). The lowest BCUT2D eigenvalue weighted by atomic mass is 10.2. The summed E-state index contributed by atoms with van der Waals surface area (Å²) in [6, 6.07) is 11.4. The van der Waals surface area contributed by atoms with Crippen LogP contribution in [-0.2, 0) is 6.54 Å². The number of furan rings is 1. The van der Waals surface area contributed by atoms with Crippen LogP contribution >= 0.6 is 0 Å². The molecule has 11 nitrogen and oxygen atoms in total. The van der Waals surface area contributed by atoms with Crippen LogP contribution in [0.1, 0.15) is 0 Å². The molecule has 0 saturated carbocycles. The third-order valence-electron chi connectivity index (χ3n) is 6.39. The summed E-state index contributed by atoms with van der Waals surface area (Å²) in [7, 11) is 0. The number of benzene rings is 1. The largest absolute Gasteiger partial charge is 0.491 e. The van der Waals surface area contributed by atoms with Gasteiger partial charge in [0.25, 0.3) is 0 Å². The van der Waals surface area contributed by atoms with Crippen molar-refractivity contribution in [3.63, 3.8) is 0 Å². The van der Waals surface area contributed by atoms with Crippen LogP contribution in [0.2, 0.25) is 0 Å². The lowest BCUT2D eigenvalue weighted by molar-refractivity contribution is 0.245. The van der Waals surface area contributed by atoms with E-state index in [1.165, 1.54) is 4.52 Å². The van der Waals surface area contributed by atoms with Crippen molar-refractivity contribution < 1.29 is 13.5 Å². The zero-order valence-electron chi connectivity index (χ0n) is 19.6. The number of hydrogen-bond acceptors (Lipinski definition) is 9. The molecular formula is C24H26FN9O2. The standard InChI is InChI=1S/C24H26FN9O2/c25-7-15-35-18-5-3-17(4-6-18)32-11-8-31(9-12-32)10-13-33-22-19(16-27-33)23-28-21(20-2-1-14-36-20)30-34(23)24(26)29-22/h1-6,14,16H,7-13,15H2,(H2,26,29)/i25-1. The van der Waals surface area contributed by atoms with Crippen molar-refractivity contribution in [3.05, 3.63) is 48.9 Å². The van der Waals surface area contributed by atoms with Gasteiger partial charge >= 0.3 is 0 Å². The number of alkyl halides is 1. The monoisotopic (exact) mass is 490 g/mol. The second kappa shape index (κ2) is 9.46. The Morgan fingerprint density at radius 2 is 1.83 bits per heavy atom. The number of hydrogen-bond donors (Lipinski definition) is 1. The number of rotatable bonds is 8. The van der Waals surface area contributed by atoms with Gasteiger partial charge in [-0.15, -0.1) is 5.10 Å². The van der Waals surface area contributed by atoms with Crippen molar-refractivity contribution in [2.45, 2.75) is 6.54 Å². The summed E-state index contributed by atoms with van der Waals surface area (Å²) >= 11 is 0. The first kappa shape index (κ1) is 22.3. The Labute approximate surface area is 205 Å². The number of nitrogens with zero attached hydrogens (tertiary/aromatic N) is 8. The van der Waals surface area contributed by atoms with E-state index in [0.29, 0.717) is 35.2 Å². The fraction of sp³-hybridized carbons (Fsp3) is 0.333. The van der Waals surface area contributed by atoms with Crippen LogP contribution in [0.5, 0.6) is 5.75 Å². The van der Waals surface area contributed by atoms with Gasteiger partial charge in [0.2, 0.25) is 11.8 Å². The maximum atomic E-state index is 12.3. The minimum Gasteiger partial charge on any atom is -0.491 e. The highest BCUT2D eigenvalue weighted by molar-refractivity contribution is 5.90. The zero-order valence-corrected chi connectivity index (χ0v) is 19.6. The molecular weight excluding hydrogens is 464 g/mol. The molecule has 5 aromatic rings. The van der Waals surface area contributed by atoms with Gasteiger partial charge in [0, 0.05) is 38.4 Å². The first-order valence-electron chi connectivity index (χ1n) is 11.9. The quantitative estimate of drug-likeness (QED) is 0.350. The summed E-state index contributed by atoms with van der Waals surface area (Å²) in [5.74, 6) is 1.96. The summed E-state index contributed by atoms with van der Waals surface area (Å²) in [4.78, 5) is 13.9. The van der Waals surface area contributed by atoms with Crippen LogP contribution in [0, 0.1) is 0 Å². The fourth-order valence-corrected chi connectivity index (χ4v) is 4.51. The molecule has 0 amide bonds. The summed E-state index contributed by atoms with van der Waals surface area (Å²) in [5.41, 5.74) is 8.63. The fourth-order valence-electron chi connectivity index (χ4n) is 4.51. The highest BCUT2D eigenvalue weighted by atomic mass is 18.2. The Morgan fingerprint density at radius 1 is 1.00 bits per heavy atom. The van der Waals surface area contributed by atoms with Gasteiger partial charge in [-0.2, -0.15) is 14.6 Å². The molecule has 186 valence electrons. The van der Waals surface area contributed by atoms with Gasteiger partial charge in [0.1, 0.15) is 19.0 Å². The van der Waals surface area contributed by atoms with Crippen LogP contribution < -0.4 is 15.4 Å². The van der Waals surface area contributed by atoms with E-state index in [1.807, 2.05) is 28.9 Å². The van der Waals surface area contributed by atoms with Crippen molar-refractivity contribution in [2.75, 3.05) is 56.6 Å². The van der Waals surface area contributed by atoms with E-state index in [1.54, 1.807) is 24.6 Å². The lowest BCUT2D eigenvalue weighted by Crippen LogP contribution is -2.47. The average Bonchev–Trinajstić information content (AvgIpc) is 3.67. The van der Waals surface area contributed by atoms with Crippen molar-refractivity contribution in [3.8, 4) is 17.3 Å². The van der Waals surface area contributed by atoms with Gasteiger partial charge in [-0.3, -0.25) is 4.90 Å². The van der Waals surface area contributed by atoms with Crippen molar-refractivity contribution in [1.82, 2.24) is 34.3 Å². The molecule has 1 aliphatic rings. The predicted molar refractivity (Wildman–Crippen MR) is 133 cm³/mol. The Hall–Kier alpha value is -4.19. The number of nitrogens with two attached hydrogens (primary N) is 1. The molecule has 4 aromatic heterocycles. The molecule has 1 fully saturated rings. The molecule has 5 heterocycles. The third-order valence-corrected chi connectivity index (χ3v) is 6.39. The number of anilines is 2. The number of fused-ring (bicyclic) bond motifs is 3. The van der Waals surface area contributed by atoms with Gasteiger partial charge < -0.3 is 19.8 Å². The summed E-state index contributed by atoms with van der Waals surface area (Å²) in [6.07, 6.45) is 3.34. The maximum Gasteiger partial charge on any atom is 0.225 e. The summed E-state index contributed by atoms with van der Waals surface area (Å²) in [6.45, 7) is 4.85. The van der Waals surface area contributed by atoms with Gasteiger partial charge in [-0.1, -0.05) is 0 Å². The van der Waals surface area contributed by atoms with E-state index in [-0.39, 0.29) is 12.6 Å². The van der Waals surface area contributed by atoms with Crippen molar-refractivity contribution in [2.24, 2.45) is 0 Å². The Bertz CT molecular complexity index is 1450. The minimum atomic E-state index is -0.487. The molecule has 12 heteroatoms. The second-order valence-electron chi connectivity index (χ2n) is 8.58. The average molecular weight is 491 g/mol. The van der Waals surface area contributed by atoms with Crippen LogP contribution in [-0.4, -0.2) is 80.3 Å².